The Morgan fingerprint density at radius 2 is 1.94 bits per heavy atom. The SMILES string of the molecule is O=c1ccc2c3c(ccc2o1)OS(=O)(=O)C=CC3. The van der Waals surface area contributed by atoms with Crippen LogP contribution in [0.5, 0.6) is 5.75 Å². The molecular weight excluding hydrogens is 256 g/mol. The molecule has 3 rings (SSSR count). The number of hydrogen-bond donors (Lipinski definition) is 0. The predicted molar refractivity (Wildman–Crippen MR) is 64.9 cm³/mol. The van der Waals surface area contributed by atoms with E-state index in [0.29, 0.717) is 23.0 Å². The molecule has 0 amide bonds. The zero-order valence-corrected chi connectivity index (χ0v) is 9.94. The molecule has 0 radical (unpaired) electrons. The van der Waals surface area contributed by atoms with E-state index in [4.69, 9.17) is 8.60 Å². The van der Waals surface area contributed by atoms with Gasteiger partial charge in [0, 0.05) is 17.0 Å². The molecule has 0 N–H and O–H groups in total. The lowest BCUT2D eigenvalue weighted by Crippen LogP contribution is -2.05. The van der Waals surface area contributed by atoms with Crippen LogP contribution in [0.3, 0.4) is 0 Å². The molecule has 2 aromatic rings. The van der Waals surface area contributed by atoms with E-state index >= 15 is 0 Å². The van der Waals surface area contributed by atoms with E-state index < -0.39 is 15.7 Å². The first kappa shape index (κ1) is 11.0. The van der Waals surface area contributed by atoms with Crippen molar-refractivity contribution in [2.75, 3.05) is 0 Å². The Bertz CT molecular complexity index is 814. The summed E-state index contributed by atoms with van der Waals surface area (Å²) in [6.07, 6.45) is 1.91. The molecular formula is C12H8O5S. The molecule has 18 heavy (non-hydrogen) atoms. The molecule has 6 heteroatoms. The second-order valence-electron chi connectivity index (χ2n) is 3.86. The summed E-state index contributed by atoms with van der Waals surface area (Å²) >= 11 is 0. The van der Waals surface area contributed by atoms with Crippen LogP contribution in [0, 0.1) is 0 Å². The molecule has 0 saturated carbocycles. The summed E-state index contributed by atoms with van der Waals surface area (Å²) in [5.74, 6) is 0.265. The molecule has 0 bridgehead atoms. The molecule has 0 aliphatic carbocycles. The molecule has 92 valence electrons. The van der Waals surface area contributed by atoms with Crippen molar-refractivity contribution in [1.82, 2.24) is 0 Å². The van der Waals surface area contributed by atoms with Crippen LogP contribution < -0.4 is 9.81 Å². The van der Waals surface area contributed by atoms with Gasteiger partial charge in [-0.2, -0.15) is 8.42 Å². The van der Waals surface area contributed by atoms with E-state index in [0.717, 1.165) is 5.41 Å². The van der Waals surface area contributed by atoms with Gasteiger partial charge in [-0.1, -0.05) is 6.08 Å². The quantitative estimate of drug-likeness (QED) is 0.533. The number of allylic oxidation sites excluding steroid dienone is 1. The molecule has 0 fully saturated rings. The highest BCUT2D eigenvalue weighted by Gasteiger charge is 2.18. The Hall–Kier alpha value is -2.08. The van der Waals surface area contributed by atoms with E-state index in [9.17, 15) is 13.2 Å². The third kappa shape index (κ3) is 1.80. The van der Waals surface area contributed by atoms with E-state index in [1.54, 1.807) is 6.07 Å². The van der Waals surface area contributed by atoms with Crippen molar-refractivity contribution >= 4 is 21.1 Å². The maximum Gasteiger partial charge on any atom is 0.336 e. The normalized spacial score (nSPS) is 16.9. The first-order valence-electron chi connectivity index (χ1n) is 5.22. The van der Waals surface area contributed by atoms with Crippen molar-refractivity contribution < 1.29 is 17.0 Å². The van der Waals surface area contributed by atoms with Crippen LogP contribution in [0.15, 0.2) is 45.0 Å². The smallest absolute Gasteiger partial charge is 0.336 e. The molecule has 0 spiro atoms. The molecule has 0 atom stereocenters. The van der Waals surface area contributed by atoms with Gasteiger partial charge in [-0.05, 0) is 24.6 Å². The van der Waals surface area contributed by atoms with Crippen molar-refractivity contribution in [1.29, 1.82) is 0 Å². The second kappa shape index (κ2) is 3.71. The van der Waals surface area contributed by atoms with Gasteiger partial charge in [-0.15, -0.1) is 0 Å². The van der Waals surface area contributed by atoms with Crippen LogP contribution in [0.4, 0.5) is 0 Å². The molecule has 1 aromatic carbocycles. The third-order valence-corrected chi connectivity index (χ3v) is 3.60. The zero-order valence-electron chi connectivity index (χ0n) is 9.12. The summed E-state index contributed by atoms with van der Waals surface area (Å²) < 4.78 is 32.9. The third-order valence-electron chi connectivity index (χ3n) is 2.66. The van der Waals surface area contributed by atoms with Gasteiger partial charge in [0.2, 0.25) is 0 Å². The molecule has 5 nitrogen and oxygen atoms in total. The van der Waals surface area contributed by atoms with Crippen LogP contribution in [-0.4, -0.2) is 8.42 Å². The van der Waals surface area contributed by atoms with Gasteiger partial charge in [0.25, 0.3) is 0 Å². The van der Waals surface area contributed by atoms with Gasteiger partial charge in [0.05, 0.1) is 5.41 Å². The lowest BCUT2D eigenvalue weighted by molar-refractivity contribution is 0.495. The van der Waals surface area contributed by atoms with Gasteiger partial charge in [-0.25, -0.2) is 4.79 Å². The summed E-state index contributed by atoms with van der Waals surface area (Å²) in [5, 5.41) is 1.70. The first-order valence-corrected chi connectivity index (χ1v) is 6.69. The van der Waals surface area contributed by atoms with Crippen LogP contribution in [0.25, 0.3) is 11.0 Å². The Labute approximate surface area is 102 Å². The maximum absolute atomic E-state index is 11.4. The van der Waals surface area contributed by atoms with Crippen molar-refractivity contribution in [2.24, 2.45) is 0 Å². The van der Waals surface area contributed by atoms with Crippen molar-refractivity contribution in [3.05, 3.63) is 51.7 Å². The second-order valence-corrected chi connectivity index (χ2v) is 5.28. The predicted octanol–water partition coefficient (Wildman–Crippen LogP) is 1.57. The minimum Gasteiger partial charge on any atom is -0.423 e. The van der Waals surface area contributed by atoms with E-state index in [2.05, 4.69) is 0 Å². The first-order chi connectivity index (χ1) is 8.55. The fourth-order valence-corrected chi connectivity index (χ4v) is 2.71. The number of hydrogen-bond acceptors (Lipinski definition) is 5. The molecule has 0 unspecified atom stereocenters. The Morgan fingerprint density at radius 3 is 2.78 bits per heavy atom. The van der Waals surface area contributed by atoms with Crippen molar-refractivity contribution in [3.8, 4) is 5.75 Å². The number of benzene rings is 1. The van der Waals surface area contributed by atoms with Crippen LogP contribution in [0.2, 0.25) is 0 Å². The van der Waals surface area contributed by atoms with Crippen LogP contribution in [0.1, 0.15) is 5.56 Å². The molecule has 0 saturated heterocycles. The average molecular weight is 264 g/mol. The lowest BCUT2D eigenvalue weighted by Gasteiger charge is -2.08. The average Bonchev–Trinajstić information content (AvgIpc) is 2.45. The van der Waals surface area contributed by atoms with E-state index in [-0.39, 0.29) is 5.75 Å². The summed E-state index contributed by atoms with van der Waals surface area (Å²) in [4.78, 5) is 11.1. The Balaban J connectivity index is 2.33. The fraction of sp³-hybridized carbons (Fsp3) is 0.0833. The molecule has 1 aromatic heterocycles. The number of rotatable bonds is 0. The Morgan fingerprint density at radius 1 is 1.11 bits per heavy atom. The number of fused-ring (bicyclic) bond motifs is 3. The lowest BCUT2D eigenvalue weighted by atomic mass is 10.1. The van der Waals surface area contributed by atoms with Crippen molar-refractivity contribution in [3.63, 3.8) is 0 Å². The van der Waals surface area contributed by atoms with Gasteiger partial charge in [-0.3, -0.25) is 0 Å². The molecule has 1 aliphatic rings. The minimum absolute atomic E-state index is 0.265. The fourth-order valence-electron chi connectivity index (χ4n) is 1.91. The maximum atomic E-state index is 11.4. The summed E-state index contributed by atoms with van der Waals surface area (Å²) in [7, 11) is -3.68. The summed E-state index contributed by atoms with van der Waals surface area (Å²) in [6.45, 7) is 0. The van der Waals surface area contributed by atoms with Crippen LogP contribution in [-0.2, 0) is 16.5 Å². The van der Waals surface area contributed by atoms with E-state index in [1.165, 1.54) is 24.3 Å². The monoisotopic (exact) mass is 264 g/mol. The van der Waals surface area contributed by atoms with Gasteiger partial charge in [0.1, 0.15) is 11.3 Å². The Kier molecular flexibility index (Phi) is 2.27. The van der Waals surface area contributed by atoms with Gasteiger partial charge < -0.3 is 8.60 Å². The molecule has 1 aliphatic heterocycles. The topological polar surface area (TPSA) is 73.6 Å². The highest BCUT2D eigenvalue weighted by Crippen LogP contribution is 2.31. The highest BCUT2D eigenvalue weighted by molar-refractivity contribution is 7.90. The standard InChI is InChI=1S/C12H8O5S/c13-12-6-3-9-8-2-1-7-18(14,15)17-11(8)5-4-10(9)16-12/h1,3-7H,2H2. The van der Waals surface area contributed by atoms with Gasteiger partial charge in [0.15, 0.2) is 0 Å². The van der Waals surface area contributed by atoms with Gasteiger partial charge >= 0.3 is 15.7 Å². The van der Waals surface area contributed by atoms with E-state index in [1.807, 2.05) is 0 Å². The largest absolute Gasteiger partial charge is 0.423 e. The molecule has 2 heterocycles. The van der Waals surface area contributed by atoms with Crippen LogP contribution >= 0.6 is 0 Å². The highest BCUT2D eigenvalue weighted by atomic mass is 32.2. The zero-order chi connectivity index (χ0) is 12.8. The van der Waals surface area contributed by atoms with Crippen molar-refractivity contribution in [2.45, 2.75) is 6.42 Å². The minimum atomic E-state index is -3.68. The summed E-state index contributed by atoms with van der Waals surface area (Å²) in [6, 6.07) is 5.92. The summed E-state index contributed by atoms with van der Waals surface area (Å²) in [5.41, 5.74) is 0.659.